The topological polar surface area (TPSA) is 78.6 Å². The Hall–Kier alpha value is -2.01. The van der Waals surface area contributed by atoms with E-state index in [1.807, 2.05) is 31.0 Å². The largest absolute Gasteiger partial charge is 0.397 e. The van der Waals surface area contributed by atoms with Gasteiger partial charge < -0.3 is 10.6 Å². The molecule has 0 unspecified atom stereocenters. The molecule has 0 aliphatic heterocycles. The summed E-state index contributed by atoms with van der Waals surface area (Å²) in [5.41, 5.74) is 9.85. The lowest BCUT2D eigenvalue weighted by molar-refractivity contribution is -0.124. The van der Waals surface area contributed by atoms with Gasteiger partial charge in [-0.2, -0.15) is 0 Å². The van der Waals surface area contributed by atoms with Crippen molar-refractivity contribution in [3.8, 4) is 0 Å². The van der Waals surface area contributed by atoms with Crippen molar-refractivity contribution >= 4 is 23.4 Å². The van der Waals surface area contributed by atoms with E-state index in [9.17, 15) is 4.79 Å². The molecule has 1 rings (SSSR count). The van der Waals surface area contributed by atoms with Crippen LogP contribution in [0.4, 0.5) is 11.4 Å². The second kappa shape index (κ2) is 5.91. The molecule has 0 spiro atoms. The minimum Gasteiger partial charge on any atom is -0.397 e. The number of hydrogen-bond acceptors (Lipinski definition) is 4. The first kappa shape index (κ1) is 13.1. The Balaban J connectivity index is 2.89. The highest BCUT2D eigenvalue weighted by atomic mass is 16.5. The number of rotatable bonds is 4. The summed E-state index contributed by atoms with van der Waals surface area (Å²) in [6, 6.07) is 5.54. The molecule has 0 saturated heterocycles. The number of nitrogens with two attached hydrogens (primary N) is 1. The summed E-state index contributed by atoms with van der Waals surface area (Å²) in [5.74, 6) is -0.571. The van der Waals surface area contributed by atoms with Crippen molar-refractivity contribution in [3.63, 3.8) is 0 Å². The Kier molecular flexibility index (Phi) is 4.54. The van der Waals surface area contributed by atoms with Crippen molar-refractivity contribution < 1.29 is 10.0 Å². The van der Waals surface area contributed by atoms with Crippen LogP contribution in [-0.4, -0.2) is 24.7 Å². The third-order valence-corrected chi connectivity index (χ3v) is 2.47. The second-order valence-corrected chi connectivity index (χ2v) is 3.64. The van der Waals surface area contributed by atoms with Gasteiger partial charge in [0, 0.05) is 19.7 Å². The average Bonchev–Trinajstić information content (AvgIpc) is 2.35. The molecule has 0 aliphatic carbocycles. The number of amides is 1. The van der Waals surface area contributed by atoms with Crippen LogP contribution in [0.1, 0.15) is 12.5 Å². The fourth-order valence-electron chi connectivity index (χ4n) is 1.40. The minimum atomic E-state index is -0.571. The van der Waals surface area contributed by atoms with Gasteiger partial charge in [-0.25, -0.2) is 5.48 Å². The molecule has 0 aliphatic rings. The normalized spacial score (nSPS) is 10.5. The number of benzene rings is 1. The summed E-state index contributed by atoms with van der Waals surface area (Å²) in [5, 5.41) is 8.33. The van der Waals surface area contributed by atoms with Crippen LogP contribution in [0.5, 0.6) is 0 Å². The van der Waals surface area contributed by atoms with Gasteiger partial charge in [0.05, 0.1) is 11.4 Å². The number of nitrogens with one attached hydrogen (secondary N) is 1. The van der Waals surface area contributed by atoms with Gasteiger partial charge in [-0.1, -0.05) is 6.07 Å². The van der Waals surface area contributed by atoms with Crippen LogP contribution in [0.15, 0.2) is 24.3 Å². The van der Waals surface area contributed by atoms with Gasteiger partial charge in [-0.05, 0) is 30.7 Å². The molecule has 17 heavy (non-hydrogen) atoms. The molecule has 0 aromatic heterocycles. The maximum atomic E-state index is 10.8. The molecule has 0 heterocycles. The summed E-state index contributed by atoms with van der Waals surface area (Å²) >= 11 is 0. The lowest BCUT2D eigenvalue weighted by Gasteiger charge is -2.19. The lowest BCUT2D eigenvalue weighted by Crippen LogP contribution is -2.17. The molecule has 4 N–H and O–H groups in total. The van der Waals surface area contributed by atoms with Gasteiger partial charge in [0.1, 0.15) is 0 Å². The molecular weight excluding hydrogens is 218 g/mol. The first-order valence-electron chi connectivity index (χ1n) is 5.31. The van der Waals surface area contributed by atoms with E-state index in [1.54, 1.807) is 12.1 Å². The van der Waals surface area contributed by atoms with E-state index in [0.717, 1.165) is 17.8 Å². The van der Waals surface area contributed by atoms with Crippen molar-refractivity contribution in [1.29, 1.82) is 0 Å². The summed E-state index contributed by atoms with van der Waals surface area (Å²) in [6.07, 6.45) is 2.82. The summed E-state index contributed by atoms with van der Waals surface area (Å²) < 4.78 is 0. The second-order valence-electron chi connectivity index (χ2n) is 3.64. The van der Waals surface area contributed by atoms with Gasteiger partial charge in [0.25, 0.3) is 5.91 Å². The Morgan fingerprint density at radius 2 is 2.29 bits per heavy atom. The van der Waals surface area contributed by atoms with Crippen molar-refractivity contribution in [2.45, 2.75) is 6.92 Å². The summed E-state index contributed by atoms with van der Waals surface area (Å²) in [7, 11) is 1.96. The van der Waals surface area contributed by atoms with Crippen molar-refractivity contribution in [3.05, 3.63) is 29.8 Å². The van der Waals surface area contributed by atoms with Crippen LogP contribution < -0.4 is 16.1 Å². The molecule has 0 fully saturated rings. The van der Waals surface area contributed by atoms with Crippen LogP contribution in [0.3, 0.4) is 0 Å². The van der Waals surface area contributed by atoms with E-state index in [0.29, 0.717) is 5.69 Å². The first-order chi connectivity index (χ1) is 8.08. The van der Waals surface area contributed by atoms with Crippen LogP contribution >= 0.6 is 0 Å². The van der Waals surface area contributed by atoms with Crippen molar-refractivity contribution in [2.24, 2.45) is 0 Å². The number of anilines is 2. The zero-order valence-corrected chi connectivity index (χ0v) is 9.97. The molecule has 0 saturated carbocycles. The maximum absolute atomic E-state index is 10.8. The first-order valence-corrected chi connectivity index (χ1v) is 5.31. The lowest BCUT2D eigenvalue weighted by atomic mass is 10.1. The van der Waals surface area contributed by atoms with E-state index in [4.69, 9.17) is 10.9 Å². The molecule has 0 radical (unpaired) electrons. The monoisotopic (exact) mass is 235 g/mol. The summed E-state index contributed by atoms with van der Waals surface area (Å²) in [4.78, 5) is 12.8. The maximum Gasteiger partial charge on any atom is 0.267 e. The molecule has 1 aromatic carbocycles. The van der Waals surface area contributed by atoms with Gasteiger partial charge in [-0.3, -0.25) is 10.0 Å². The Morgan fingerprint density at radius 3 is 2.82 bits per heavy atom. The third kappa shape index (κ3) is 3.49. The number of carbonyl (C=O) groups excluding carboxylic acids is 1. The van der Waals surface area contributed by atoms with Crippen LogP contribution in [-0.2, 0) is 4.79 Å². The highest BCUT2D eigenvalue weighted by Gasteiger charge is 2.03. The molecule has 5 nitrogen and oxygen atoms in total. The van der Waals surface area contributed by atoms with E-state index in [2.05, 4.69) is 0 Å². The zero-order valence-electron chi connectivity index (χ0n) is 9.97. The number of carbonyl (C=O) groups is 1. The predicted octanol–water partition coefficient (Wildman–Crippen LogP) is 1.24. The zero-order chi connectivity index (χ0) is 12.8. The molecule has 1 amide bonds. The Morgan fingerprint density at radius 1 is 1.59 bits per heavy atom. The van der Waals surface area contributed by atoms with Gasteiger partial charge in [0.2, 0.25) is 0 Å². The highest BCUT2D eigenvalue weighted by Crippen LogP contribution is 2.23. The Labute approximate surface area is 100 Å². The number of hydrogen-bond donors (Lipinski definition) is 3. The molecule has 5 heteroatoms. The summed E-state index contributed by atoms with van der Waals surface area (Å²) in [6.45, 7) is 2.91. The van der Waals surface area contributed by atoms with Crippen LogP contribution in [0, 0.1) is 0 Å². The van der Waals surface area contributed by atoms with E-state index in [1.165, 1.54) is 11.6 Å². The smallest absolute Gasteiger partial charge is 0.267 e. The van der Waals surface area contributed by atoms with Crippen molar-refractivity contribution in [2.75, 3.05) is 24.2 Å². The molecule has 0 atom stereocenters. The third-order valence-electron chi connectivity index (χ3n) is 2.47. The van der Waals surface area contributed by atoms with E-state index < -0.39 is 5.91 Å². The van der Waals surface area contributed by atoms with Gasteiger partial charge in [0.15, 0.2) is 0 Å². The number of hydroxylamine groups is 1. The minimum absolute atomic E-state index is 0.571. The highest BCUT2D eigenvalue weighted by molar-refractivity contribution is 5.91. The predicted molar refractivity (Wildman–Crippen MR) is 68.8 cm³/mol. The van der Waals surface area contributed by atoms with E-state index >= 15 is 0 Å². The number of nitrogen functional groups attached to an aromatic ring is 1. The van der Waals surface area contributed by atoms with Crippen LogP contribution in [0.2, 0.25) is 0 Å². The average molecular weight is 235 g/mol. The SMILES string of the molecule is CCN(C)c1ccc(/C=C/C(=O)NO)cc1N. The van der Waals surface area contributed by atoms with Crippen LogP contribution in [0.25, 0.3) is 6.08 Å². The number of nitrogens with zero attached hydrogens (tertiary/aromatic N) is 1. The van der Waals surface area contributed by atoms with Gasteiger partial charge in [-0.15, -0.1) is 0 Å². The standard InChI is InChI=1S/C12H17N3O2/c1-3-15(2)11-6-4-9(8-10(11)13)5-7-12(16)14-17/h4-8,17H,3,13H2,1-2H3,(H,14,16)/b7-5+. The molecule has 0 bridgehead atoms. The molecule has 1 aromatic rings. The Bertz CT molecular complexity index is 430. The fourth-order valence-corrected chi connectivity index (χ4v) is 1.40. The van der Waals surface area contributed by atoms with Gasteiger partial charge >= 0.3 is 0 Å². The molecular formula is C12H17N3O2. The quantitative estimate of drug-likeness (QED) is 0.317. The van der Waals surface area contributed by atoms with Crippen molar-refractivity contribution in [1.82, 2.24) is 5.48 Å². The fraction of sp³-hybridized carbons (Fsp3) is 0.250. The van der Waals surface area contributed by atoms with E-state index in [-0.39, 0.29) is 0 Å². The molecule has 92 valence electrons.